The lowest BCUT2D eigenvalue weighted by Crippen LogP contribution is -2.34. The lowest BCUT2D eigenvalue weighted by atomic mass is 10.1. The van der Waals surface area contributed by atoms with Crippen LogP contribution in [0, 0.1) is 5.92 Å². The highest BCUT2D eigenvalue weighted by molar-refractivity contribution is 5.25. The molecular weight excluding hydrogens is 184 g/mol. The van der Waals surface area contributed by atoms with Gasteiger partial charge in [0.05, 0.1) is 0 Å². The molecule has 0 amide bonds. The molecule has 2 rings (SSSR count). The van der Waals surface area contributed by atoms with Crippen molar-refractivity contribution >= 4 is 0 Å². The van der Waals surface area contributed by atoms with Crippen molar-refractivity contribution in [1.82, 2.24) is 5.32 Å². The highest BCUT2D eigenvalue weighted by atomic mass is 14.9. The summed E-state index contributed by atoms with van der Waals surface area (Å²) in [6, 6.07) is 11.2. The molecule has 0 aromatic heterocycles. The second kappa shape index (κ2) is 4.77. The van der Waals surface area contributed by atoms with E-state index in [1.807, 2.05) is 0 Å². The molecule has 2 nitrogen and oxygen atoms in total. The Morgan fingerprint density at radius 1 is 1.40 bits per heavy atom. The van der Waals surface area contributed by atoms with Crippen LogP contribution in [0.4, 0.5) is 0 Å². The van der Waals surface area contributed by atoms with E-state index >= 15 is 0 Å². The molecule has 0 spiro atoms. The number of nitrogens with one attached hydrogen (secondary N) is 1. The van der Waals surface area contributed by atoms with E-state index in [1.165, 1.54) is 12.0 Å². The SMILES string of the molecule is CC(CN)NCC1CC1c1ccccc1. The standard InChI is InChI=1S/C13H20N2/c1-10(8-14)15-9-12-7-13(12)11-5-3-2-4-6-11/h2-6,10,12-13,15H,7-9,14H2,1H3. The molecule has 1 saturated carbocycles. The monoisotopic (exact) mass is 204 g/mol. The maximum atomic E-state index is 5.56. The fourth-order valence-corrected chi connectivity index (χ4v) is 2.02. The molecule has 1 fully saturated rings. The first-order valence-electron chi connectivity index (χ1n) is 5.79. The van der Waals surface area contributed by atoms with Crippen LogP contribution in [0.5, 0.6) is 0 Å². The third-order valence-corrected chi connectivity index (χ3v) is 3.23. The lowest BCUT2D eigenvalue weighted by Gasteiger charge is -2.10. The molecule has 3 unspecified atom stereocenters. The summed E-state index contributed by atoms with van der Waals surface area (Å²) in [7, 11) is 0. The second-order valence-corrected chi connectivity index (χ2v) is 4.56. The maximum Gasteiger partial charge on any atom is 0.0162 e. The summed E-state index contributed by atoms with van der Waals surface area (Å²) in [5, 5.41) is 3.47. The minimum Gasteiger partial charge on any atom is -0.329 e. The van der Waals surface area contributed by atoms with Gasteiger partial charge in [0.15, 0.2) is 0 Å². The van der Waals surface area contributed by atoms with E-state index in [4.69, 9.17) is 5.73 Å². The molecule has 3 N–H and O–H groups in total. The predicted octanol–water partition coefficient (Wildman–Crippen LogP) is 1.73. The van der Waals surface area contributed by atoms with E-state index < -0.39 is 0 Å². The van der Waals surface area contributed by atoms with E-state index in [-0.39, 0.29) is 0 Å². The van der Waals surface area contributed by atoms with Crippen molar-refractivity contribution in [3.8, 4) is 0 Å². The average molecular weight is 204 g/mol. The fourth-order valence-electron chi connectivity index (χ4n) is 2.02. The Hall–Kier alpha value is -0.860. The molecule has 0 heterocycles. The molecule has 82 valence electrons. The van der Waals surface area contributed by atoms with Gasteiger partial charge >= 0.3 is 0 Å². The Labute approximate surface area is 91.9 Å². The molecule has 1 aromatic rings. The molecule has 1 aliphatic carbocycles. The van der Waals surface area contributed by atoms with Crippen LogP contribution in [0.25, 0.3) is 0 Å². The Morgan fingerprint density at radius 3 is 2.80 bits per heavy atom. The third kappa shape index (κ3) is 2.80. The van der Waals surface area contributed by atoms with Crippen molar-refractivity contribution in [2.75, 3.05) is 13.1 Å². The van der Waals surface area contributed by atoms with Crippen LogP contribution in [-0.4, -0.2) is 19.1 Å². The summed E-state index contributed by atoms with van der Waals surface area (Å²) in [6.07, 6.45) is 1.33. The van der Waals surface area contributed by atoms with Crippen LogP contribution in [0.2, 0.25) is 0 Å². The minimum absolute atomic E-state index is 0.446. The van der Waals surface area contributed by atoms with E-state index in [2.05, 4.69) is 42.6 Å². The van der Waals surface area contributed by atoms with Gasteiger partial charge in [-0.1, -0.05) is 30.3 Å². The summed E-state index contributed by atoms with van der Waals surface area (Å²) in [6.45, 7) is 3.97. The van der Waals surface area contributed by atoms with Crippen LogP contribution in [0.1, 0.15) is 24.8 Å². The first-order valence-corrected chi connectivity index (χ1v) is 5.79. The first-order chi connectivity index (χ1) is 7.31. The van der Waals surface area contributed by atoms with Gasteiger partial charge in [-0.05, 0) is 37.3 Å². The average Bonchev–Trinajstić information content (AvgIpc) is 3.06. The summed E-state index contributed by atoms with van der Waals surface area (Å²) >= 11 is 0. The van der Waals surface area contributed by atoms with E-state index in [1.54, 1.807) is 0 Å². The van der Waals surface area contributed by atoms with Gasteiger partial charge in [-0.2, -0.15) is 0 Å². The zero-order chi connectivity index (χ0) is 10.7. The molecule has 0 bridgehead atoms. The largest absolute Gasteiger partial charge is 0.329 e. The van der Waals surface area contributed by atoms with Crippen molar-refractivity contribution in [2.24, 2.45) is 11.7 Å². The smallest absolute Gasteiger partial charge is 0.0162 e. The van der Waals surface area contributed by atoms with Gasteiger partial charge in [-0.15, -0.1) is 0 Å². The Balaban J connectivity index is 1.77. The summed E-state index contributed by atoms with van der Waals surface area (Å²) in [5.74, 6) is 1.60. The topological polar surface area (TPSA) is 38.0 Å². The van der Waals surface area contributed by atoms with Crippen LogP contribution >= 0.6 is 0 Å². The van der Waals surface area contributed by atoms with Crippen molar-refractivity contribution in [3.63, 3.8) is 0 Å². The molecule has 3 atom stereocenters. The van der Waals surface area contributed by atoms with Crippen LogP contribution < -0.4 is 11.1 Å². The van der Waals surface area contributed by atoms with Crippen LogP contribution in [-0.2, 0) is 0 Å². The van der Waals surface area contributed by atoms with Crippen molar-refractivity contribution < 1.29 is 0 Å². The molecule has 0 aliphatic heterocycles. The van der Waals surface area contributed by atoms with E-state index in [9.17, 15) is 0 Å². The molecule has 2 heteroatoms. The van der Waals surface area contributed by atoms with Gasteiger partial charge in [0.1, 0.15) is 0 Å². The Morgan fingerprint density at radius 2 is 2.13 bits per heavy atom. The number of nitrogens with two attached hydrogens (primary N) is 1. The third-order valence-electron chi connectivity index (χ3n) is 3.23. The van der Waals surface area contributed by atoms with Crippen molar-refractivity contribution in [1.29, 1.82) is 0 Å². The fraction of sp³-hybridized carbons (Fsp3) is 0.538. The van der Waals surface area contributed by atoms with Gasteiger partial charge in [-0.3, -0.25) is 0 Å². The molecule has 1 aliphatic rings. The zero-order valence-electron chi connectivity index (χ0n) is 9.32. The summed E-state index contributed by atoms with van der Waals surface area (Å²) < 4.78 is 0. The van der Waals surface area contributed by atoms with E-state index in [0.717, 1.165) is 24.9 Å². The molecule has 15 heavy (non-hydrogen) atoms. The van der Waals surface area contributed by atoms with Gasteiger partial charge in [-0.25, -0.2) is 0 Å². The molecule has 1 aromatic carbocycles. The number of hydrogen-bond donors (Lipinski definition) is 2. The first kappa shape index (κ1) is 10.7. The Kier molecular flexibility index (Phi) is 3.39. The zero-order valence-corrected chi connectivity index (χ0v) is 9.32. The van der Waals surface area contributed by atoms with E-state index in [0.29, 0.717) is 6.04 Å². The van der Waals surface area contributed by atoms with Gasteiger partial charge < -0.3 is 11.1 Å². The van der Waals surface area contributed by atoms with Crippen molar-refractivity contribution in [2.45, 2.75) is 25.3 Å². The number of hydrogen-bond acceptors (Lipinski definition) is 2. The van der Waals surface area contributed by atoms with Crippen molar-refractivity contribution in [3.05, 3.63) is 35.9 Å². The summed E-state index contributed by atoms with van der Waals surface area (Å²) in [5.41, 5.74) is 7.05. The lowest BCUT2D eigenvalue weighted by molar-refractivity contribution is 0.530. The molecule has 0 saturated heterocycles. The summed E-state index contributed by atoms with van der Waals surface area (Å²) in [4.78, 5) is 0. The quantitative estimate of drug-likeness (QED) is 0.766. The predicted molar refractivity (Wildman–Crippen MR) is 63.8 cm³/mol. The molecule has 0 radical (unpaired) electrons. The minimum atomic E-state index is 0.446. The Bertz CT molecular complexity index is 297. The molecular formula is C13H20N2. The van der Waals surface area contributed by atoms with Gasteiger partial charge in [0, 0.05) is 12.6 Å². The van der Waals surface area contributed by atoms with Gasteiger partial charge in [0.25, 0.3) is 0 Å². The second-order valence-electron chi connectivity index (χ2n) is 4.56. The highest BCUT2D eigenvalue weighted by Crippen LogP contribution is 2.46. The number of benzene rings is 1. The highest BCUT2D eigenvalue weighted by Gasteiger charge is 2.37. The van der Waals surface area contributed by atoms with Gasteiger partial charge in [0.2, 0.25) is 0 Å². The van der Waals surface area contributed by atoms with Crippen LogP contribution in [0.15, 0.2) is 30.3 Å². The van der Waals surface area contributed by atoms with Crippen LogP contribution in [0.3, 0.4) is 0 Å². The maximum absolute atomic E-state index is 5.56. The normalized spacial score (nSPS) is 26.3. The number of rotatable bonds is 5.